The van der Waals surface area contributed by atoms with Crippen LogP contribution in [-0.2, 0) is 0 Å². The van der Waals surface area contributed by atoms with Gasteiger partial charge in [0.15, 0.2) is 5.58 Å². The SMILES string of the molecule is Nc1ccc2oc(-c3ccoc3Cl)nc2c1. The average Bonchev–Trinajstić information content (AvgIpc) is 2.82. The number of benzene rings is 1. The number of furan rings is 1. The van der Waals surface area contributed by atoms with E-state index >= 15 is 0 Å². The van der Waals surface area contributed by atoms with Crippen molar-refractivity contribution < 1.29 is 8.83 Å². The number of oxazole rings is 1. The number of anilines is 1. The Labute approximate surface area is 95.6 Å². The number of hydrogen-bond acceptors (Lipinski definition) is 4. The zero-order valence-corrected chi connectivity index (χ0v) is 8.86. The number of aromatic nitrogens is 1. The second kappa shape index (κ2) is 3.28. The van der Waals surface area contributed by atoms with Gasteiger partial charge >= 0.3 is 0 Å². The Morgan fingerprint density at radius 3 is 2.88 bits per heavy atom. The van der Waals surface area contributed by atoms with Gasteiger partial charge in [0.2, 0.25) is 11.1 Å². The van der Waals surface area contributed by atoms with E-state index in [9.17, 15) is 0 Å². The number of nitrogen functional groups attached to an aromatic ring is 1. The predicted molar refractivity (Wildman–Crippen MR) is 61.1 cm³/mol. The fourth-order valence-corrected chi connectivity index (χ4v) is 1.70. The van der Waals surface area contributed by atoms with Crippen LogP contribution in [0.2, 0.25) is 5.22 Å². The summed E-state index contributed by atoms with van der Waals surface area (Å²) >= 11 is 5.84. The molecule has 0 radical (unpaired) electrons. The Bertz CT molecular complexity index is 657. The molecular formula is C11H7ClN2O2. The third-order valence-corrected chi connectivity index (χ3v) is 2.55. The van der Waals surface area contributed by atoms with Gasteiger partial charge < -0.3 is 14.6 Å². The van der Waals surface area contributed by atoms with Gasteiger partial charge in [-0.05, 0) is 35.9 Å². The maximum atomic E-state index is 5.84. The first-order valence-corrected chi connectivity index (χ1v) is 5.01. The van der Waals surface area contributed by atoms with Gasteiger partial charge in [0.25, 0.3) is 0 Å². The van der Waals surface area contributed by atoms with Crippen LogP contribution in [0.4, 0.5) is 5.69 Å². The molecule has 3 rings (SSSR count). The Kier molecular flexibility index (Phi) is 1.91. The van der Waals surface area contributed by atoms with E-state index in [1.807, 2.05) is 0 Å². The molecule has 0 bridgehead atoms. The second-order valence-electron chi connectivity index (χ2n) is 3.35. The fourth-order valence-electron chi connectivity index (χ4n) is 1.51. The van der Waals surface area contributed by atoms with Crippen molar-refractivity contribution in [2.45, 2.75) is 0 Å². The number of fused-ring (bicyclic) bond motifs is 1. The highest BCUT2D eigenvalue weighted by Gasteiger charge is 2.13. The van der Waals surface area contributed by atoms with Crippen molar-refractivity contribution in [1.29, 1.82) is 0 Å². The maximum absolute atomic E-state index is 5.84. The Morgan fingerprint density at radius 1 is 1.25 bits per heavy atom. The van der Waals surface area contributed by atoms with E-state index in [0.29, 0.717) is 28.2 Å². The Morgan fingerprint density at radius 2 is 2.12 bits per heavy atom. The molecule has 80 valence electrons. The molecule has 0 saturated heterocycles. The van der Waals surface area contributed by atoms with E-state index in [0.717, 1.165) is 0 Å². The topological polar surface area (TPSA) is 65.2 Å². The molecule has 0 aliphatic heterocycles. The first kappa shape index (κ1) is 9.30. The molecule has 0 saturated carbocycles. The minimum absolute atomic E-state index is 0.263. The lowest BCUT2D eigenvalue weighted by Crippen LogP contribution is -1.82. The molecule has 16 heavy (non-hydrogen) atoms. The van der Waals surface area contributed by atoms with Gasteiger partial charge in [0.05, 0.1) is 11.8 Å². The lowest BCUT2D eigenvalue weighted by atomic mass is 10.3. The van der Waals surface area contributed by atoms with Gasteiger partial charge in [-0.25, -0.2) is 4.98 Å². The van der Waals surface area contributed by atoms with Crippen LogP contribution in [0.25, 0.3) is 22.6 Å². The van der Waals surface area contributed by atoms with Crippen molar-refractivity contribution in [3.05, 3.63) is 35.7 Å². The zero-order valence-electron chi connectivity index (χ0n) is 8.11. The quantitative estimate of drug-likeness (QED) is 0.656. The minimum Gasteiger partial charge on any atom is -0.452 e. The van der Waals surface area contributed by atoms with E-state index in [2.05, 4.69) is 4.98 Å². The first-order valence-electron chi connectivity index (χ1n) is 4.63. The number of halogens is 1. The molecule has 4 nitrogen and oxygen atoms in total. The summed E-state index contributed by atoms with van der Waals surface area (Å²) in [6.07, 6.45) is 1.49. The lowest BCUT2D eigenvalue weighted by molar-refractivity contribution is 0.566. The molecule has 0 atom stereocenters. The van der Waals surface area contributed by atoms with E-state index in [4.69, 9.17) is 26.2 Å². The van der Waals surface area contributed by atoms with Gasteiger partial charge in [-0.1, -0.05) is 0 Å². The summed E-state index contributed by atoms with van der Waals surface area (Å²) in [6, 6.07) is 6.98. The number of nitrogens with two attached hydrogens (primary N) is 1. The summed E-state index contributed by atoms with van der Waals surface area (Å²) < 4.78 is 10.5. The fraction of sp³-hybridized carbons (Fsp3) is 0. The largest absolute Gasteiger partial charge is 0.452 e. The standard InChI is InChI=1S/C11H7ClN2O2/c12-10-7(3-4-15-10)11-14-8-5-6(13)1-2-9(8)16-11/h1-5H,13H2. The summed E-state index contributed by atoms with van der Waals surface area (Å²) in [5.41, 5.74) is 8.30. The van der Waals surface area contributed by atoms with Crippen LogP contribution in [0.1, 0.15) is 0 Å². The molecule has 2 N–H and O–H groups in total. The minimum atomic E-state index is 0.263. The Hall–Kier alpha value is -1.94. The molecular weight excluding hydrogens is 228 g/mol. The highest BCUT2D eigenvalue weighted by atomic mass is 35.5. The van der Waals surface area contributed by atoms with E-state index in [1.165, 1.54) is 6.26 Å². The summed E-state index contributed by atoms with van der Waals surface area (Å²) in [5, 5.41) is 0.263. The van der Waals surface area contributed by atoms with Gasteiger partial charge in [-0.2, -0.15) is 0 Å². The van der Waals surface area contributed by atoms with Crippen LogP contribution < -0.4 is 5.73 Å². The van der Waals surface area contributed by atoms with Crippen molar-refractivity contribution in [3.8, 4) is 11.5 Å². The molecule has 0 unspecified atom stereocenters. The summed E-state index contributed by atoms with van der Waals surface area (Å²) in [4.78, 5) is 4.29. The van der Waals surface area contributed by atoms with Gasteiger partial charge in [0, 0.05) is 5.69 Å². The second-order valence-corrected chi connectivity index (χ2v) is 3.70. The highest BCUT2D eigenvalue weighted by Crippen LogP contribution is 2.31. The van der Waals surface area contributed by atoms with Crippen molar-refractivity contribution in [3.63, 3.8) is 0 Å². The molecule has 2 heterocycles. The van der Waals surface area contributed by atoms with E-state index in [-0.39, 0.29) is 5.22 Å². The molecule has 2 aromatic heterocycles. The van der Waals surface area contributed by atoms with Gasteiger partial charge in [0.1, 0.15) is 5.52 Å². The first-order chi connectivity index (χ1) is 7.74. The lowest BCUT2D eigenvalue weighted by Gasteiger charge is -1.88. The number of rotatable bonds is 1. The monoisotopic (exact) mass is 234 g/mol. The molecule has 3 aromatic rings. The number of nitrogens with zero attached hydrogens (tertiary/aromatic N) is 1. The Balaban J connectivity index is 2.23. The third kappa shape index (κ3) is 1.35. The zero-order chi connectivity index (χ0) is 11.1. The van der Waals surface area contributed by atoms with Crippen LogP contribution in [0, 0.1) is 0 Å². The average molecular weight is 235 g/mol. The van der Waals surface area contributed by atoms with Crippen LogP contribution >= 0.6 is 11.6 Å². The maximum Gasteiger partial charge on any atom is 0.232 e. The molecule has 0 fully saturated rings. The molecule has 0 amide bonds. The van der Waals surface area contributed by atoms with Crippen LogP contribution in [-0.4, -0.2) is 4.98 Å². The highest BCUT2D eigenvalue weighted by molar-refractivity contribution is 6.31. The van der Waals surface area contributed by atoms with Crippen molar-refractivity contribution in [2.24, 2.45) is 0 Å². The van der Waals surface area contributed by atoms with Crippen LogP contribution in [0.5, 0.6) is 0 Å². The normalized spacial score (nSPS) is 11.1. The summed E-state index contributed by atoms with van der Waals surface area (Å²) in [7, 11) is 0. The van der Waals surface area contributed by atoms with Gasteiger partial charge in [-0.15, -0.1) is 0 Å². The van der Waals surface area contributed by atoms with Gasteiger partial charge in [-0.3, -0.25) is 0 Å². The van der Waals surface area contributed by atoms with Crippen molar-refractivity contribution in [1.82, 2.24) is 4.98 Å². The van der Waals surface area contributed by atoms with Crippen LogP contribution in [0.15, 0.2) is 39.4 Å². The summed E-state index contributed by atoms with van der Waals surface area (Å²) in [5.74, 6) is 0.430. The smallest absolute Gasteiger partial charge is 0.232 e. The number of hydrogen-bond donors (Lipinski definition) is 1. The molecule has 0 aliphatic carbocycles. The molecule has 0 spiro atoms. The molecule has 0 aliphatic rings. The van der Waals surface area contributed by atoms with Crippen molar-refractivity contribution in [2.75, 3.05) is 5.73 Å². The van der Waals surface area contributed by atoms with E-state index in [1.54, 1.807) is 24.3 Å². The van der Waals surface area contributed by atoms with E-state index < -0.39 is 0 Å². The van der Waals surface area contributed by atoms with Crippen LogP contribution in [0.3, 0.4) is 0 Å². The third-order valence-electron chi connectivity index (χ3n) is 2.26. The van der Waals surface area contributed by atoms with Crippen molar-refractivity contribution >= 4 is 28.4 Å². The summed E-state index contributed by atoms with van der Waals surface area (Å²) in [6.45, 7) is 0. The molecule has 1 aromatic carbocycles. The predicted octanol–water partition coefficient (Wildman–Crippen LogP) is 3.32. The molecule has 5 heteroatoms.